The van der Waals surface area contributed by atoms with E-state index in [1.165, 1.54) is 16.9 Å². The fourth-order valence-electron chi connectivity index (χ4n) is 1.91. The minimum Gasteiger partial charge on any atom is -0.315 e. The Morgan fingerprint density at radius 3 is 3.12 bits per heavy atom. The number of hydrogen-bond acceptors (Lipinski definition) is 2. The molecule has 1 aliphatic rings. The Kier molecular flexibility index (Phi) is 4.33. The summed E-state index contributed by atoms with van der Waals surface area (Å²) in [5, 5.41) is 4.17. The van der Waals surface area contributed by atoms with Crippen LogP contribution in [0.15, 0.2) is 29.2 Å². The van der Waals surface area contributed by atoms with Gasteiger partial charge >= 0.3 is 0 Å². The predicted octanol–water partition coefficient (Wildman–Crippen LogP) is 2.71. The second-order valence-electron chi connectivity index (χ2n) is 3.93. The van der Waals surface area contributed by atoms with Gasteiger partial charge in [-0.05, 0) is 25.0 Å². The highest BCUT2D eigenvalue weighted by atomic mass is 32.2. The Balaban J connectivity index is 1.72. The molecule has 0 aromatic heterocycles. The number of thioether (sulfide) groups is 1. The maximum absolute atomic E-state index is 3.47. The number of benzene rings is 1. The summed E-state index contributed by atoms with van der Waals surface area (Å²) >= 11 is 2.00. The average molecular weight is 231 g/mol. The molecule has 0 bridgehead atoms. The zero-order chi connectivity index (χ0) is 11.2. The maximum Gasteiger partial charge on any atom is 0.0260 e. The molecule has 0 radical (unpaired) electrons. The van der Waals surface area contributed by atoms with Crippen molar-refractivity contribution < 1.29 is 0 Å². The Labute approximate surface area is 102 Å². The highest BCUT2D eigenvalue weighted by molar-refractivity contribution is 8.00. The quantitative estimate of drug-likeness (QED) is 0.631. The molecular weight excluding hydrogens is 214 g/mol. The molecule has 2 heteroatoms. The van der Waals surface area contributed by atoms with Gasteiger partial charge in [0, 0.05) is 29.7 Å². The summed E-state index contributed by atoms with van der Waals surface area (Å²) in [5.74, 6) is 5.99. The topological polar surface area (TPSA) is 12.0 Å². The molecule has 1 N–H and O–H groups in total. The van der Waals surface area contributed by atoms with Crippen molar-refractivity contribution in [2.24, 2.45) is 0 Å². The van der Waals surface area contributed by atoms with E-state index >= 15 is 0 Å². The van der Waals surface area contributed by atoms with Gasteiger partial charge in [-0.15, -0.1) is 23.6 Å². The summed E-state index contributed by atoms with van der Waals surface area (Å²) < 4.78 is 0. The summed E-state index contributed by atoms with van der Waals surface area (Å²) in [6, 6.07) is 8.72. The van der Waals surface area contributed by atoms with E-state index in [-0.39, 0.29) is 0 Å². The standard InChI is InChI=1S/C14H17NS/c1-2-3-6-9-15-11-13-10-12-7-4-5-8-14(12)16-13/h4-5,7-8,13,15H,6,9-11H2,1H3. The van der Waals surface area contributed by atoms with E-state index in [1.54, 1.807) is 0 Å². The molecule has 1 unspecified atom stereocenters. The Morgan fingerprint density at radius 1 is 1.44 bits per heavy atom. The molecule has 0 aliphatic carbocycles. The van der Waals surface area contributed by atoms with Crippen molar-refractivity contribution in [2.45, 2.75) is 29.9 Å². The lowest BCUT2D eigenvalue weighted by Gasteiger charge is -2.08. The zero-order valence-corrected chi connectivity index (χ0v) is 10.4. The van der Waals surface area contributed by atoms with Gasteiger partial charge in [0.05, 0.1) is 0 Å². The van der Waals surface area contributed by atoms with E-state index in [2.05, 4.69) is 41.4 Å². The molecule has 0 spiro atoms. The molecule has 16 heavy (non-hydrogen) atoms. The third kappa shape index (κ3) is 3.04. The van der Waals surface area contributed by atoms with Crippen LogP contribution in [-0.4, -0.2) is 18.3 Å². The van der Waals surface area contributed by atoms with E-state index < -0.39 is 0 Å². The maximum atomic E-state index is 3.47. The van der Waals surface area contributed by atoms with Gasteiger partial charge < -0.3 is 5.32 Å². The van der Waals surface area contributed by atoms with Gasteiger partial charge in [-0.1, -0.05) is 18.2 Å². The first kappa shape index (κ1) is 11.6. The van der Waals surface area contributed by atoms with Crippen molar-refractivity contribution >= 4 is 11.8 Å². The number of nitrogens with one attached hydrogen (secondary N) is 1. The summed E-state index contributed by atoms with van der Waals surface area (Å²) in [6.07, 6.45) is 2.16. The van der Waals surface area contributed by atoms with Crippen LogP contribution in [0.2, 0.25) is 0 Å². The Morgan fingerprint density at radius 2 is 2.31 bits per heavy atom. The van der Waals surface area contributed by atoms with Gasteiger partial charge in [0.15, 0.2) is 0 Å². The monoisotopic (exact) mass is 231 g/mol. The van der Waals surface area contributed by atoms with E-state index in [0.717, 1.165) is 19.5 Å². The fourth-order valence-corrected chi connectivity index (χ4v) is 3.19. The van der Waals surface area contributed by atoms with Gasteiger partial charge in [-0.25, -0.2) is 0 Å². The van der Waals surface area contributed by atoms with Crippen LogP contribution in [0.1, 0.15) is 18.9 Å². The SMILES string of the molecule is CC#CCCNCC1Cc2ccccc2S1. The summed E-state index contributed by atoms with van der Waals surface area (Å²) in [7, 11) is 0. The van der Waals surface area contributed by atoms with Crippen molar-refractivity contribution in [1.29, 1.82) is 0 Å². The summed E-state index contributed by atoms with van der Waals surface area (Å²) in [5.41, 5.74) is 1.51. The Bertz CT molecular complexity index is 378. The predicted molar refractivity (Wildman–Crippen MR) is 70.7 cm³/mol. The zero-order valence-electron chi connectivity index (χ0n) is 9.62. The van der Waals surface area contributed by atoms with Crippen LogP contribution >= 0.6 is 11.8 Å². The third-order valence-corrected chi connectivity index (χ3v) is 4.01. The molecule has 1 aromatic carbocycles. The van der Waals surface area contributed by atoms with Crippen LogP contribution in [0.4, 0.5) is 0 Å². The largest absolute Gasteiger partial charge is 0.315 e. The summed E-state index contributed by atoms with van der Waals surface area (Å²) in [4.78, 5) is 1.46. The number of hydrogen-bond donors (Lipinski definition) is 1. The van der Waals surface area contributed by atoms with Gasteiger partial charge in [-0.2, -0.15) is 0 Å². The lowest BCUT2D eigenvalue weighted by Crippen LogP contribution is -2.25. The molecule has 1 nitrogen and oxygen atoms in total. The highest BCUT2D eigenvalue weighted by Gasteiger charge is 2.20. The van der Waals surface area contributed by atoms with Crippen LogP contribution in [0, 0.1) is 11.8 Å². The van der Waals surface area contributed by atoms with Crippen molar-refractivity contribution in [1.82, 2.24) is 5.32 Å². The second-order valence-corrected chi connectivity index (χ2v) is 5.27. The average Bonchev–Trinajstić information content (AvgIpc) is 2.71. The summed E-state index contributed by atoms with van der Waals surface area (Å²) in [6.45, 7) is 3.99. The van der Waals surface area contributed by atoms with E-state index in [1.807, 2.05) is 18.7 Å². The molecule has 1 heterocycles. The van der Waals surface area contributed by atoms with Gasteiger partial charge in [0.2, 0.25) is 0 Å². The lowest BCUT2D eigenvalue weighted by molar-refractivity contribution is 0.672. The normalized spacial score (nSPS) is 17.7. The smallest absolute Gasteiger partial charge is 0.0260 e. The molecule has 84 valence electrons. The molecule has 2 rings (SSSR count). The van der Waals surface area contributed by atoms with Gasteiger partial charge in [0.1, 0.15) is 0 Å². The molecule has 0 saturated heterocycles. The molecule has 0 saturated carbocycles. The molecule has 0 amide bonds. The van der Waals surface area contributed by atoms with Crippen LogP contribution in [-0.2, 0) is 6.42 Å². The van der Waals surface area contributed by atoms with E-state index in [9.17, 15) is 0 Å². The lowest BCUT2D eigenvalue weighted by atomic mass is 10.1. The molecular formula is C14H17NS. The minimum atomic E-state index is 0.701. The molecule has 1 aliphatic heterocycles. The molecule has 1 aromatic rings. The first-order valence-electron chi connectivity index (χ1n) is 5.75. The van der Waals surface area contributed by atoms with Crippen LogP contribution in [0.25, 0.3) is 0 Å². The highest BCUT2D eigenvalue weighted by Crippen LogP contribution is 2.36. The first-order chi connectivity index (χ1) is 7.90. The van der Waals surface area contributed by atoms with Crippen molar-refractivity contribution in [3.8, 4) is 11.8 Å². The number of fused-ring (bicyclic) bond motifs is 1. The molecule has 0 fully saturated rings. The van der Waals surface area contributed by atoms with E-state index in [0.29, 0.717) is 5.25 Å². The number of rotatable bonds is 4. The third-order valence-electron chi connectivity index (χ3n) is 2.69. The van der Waals surface area contributed by atoms with E-state index in [4.69, 9.17) is 0 Å². The fraction of sp³-hybridized carbons (Fsp3) is 0.429. The Hall–Kier alpha value is -0.910. The van der Waals surface area contributed by atoms with Crippen LogP contribution < -0.4 is 5.32 Å². The van der Waals surface area contributed by atoms with Crippen LogP contribution in [0.3, 0.4) is 0 Å². The second kappa shape index (κ2) is 5.98. The van der Waals surface area contributed by atoms with Crippen molar-refractivity contribution in [3.05, 3.63) is 29.8 Å². The van der Waals surface area contributed by atoms with Crippen molar-refractivity contribution in [2.75, 3.05) is 13.1 Å². The molecule has 1 atom stereocenters. The van der Waals surface area contributed by atoms with Crippen LogP contribution in [0.5, 0.6) is 0 Å². The minimum absolute atomic E-state index is 0.701. The van der Waals surface area contributed by atoms with Gasteiger partial charge in [-0.3, -0.25) is 0 Å². The first-order valence-corrected chi connectivity index (χ1v) is 6.63. The van der Waals surface area contributed by atoms with Crippen molar-refractivity contribution in [3.63, 3.8) is 0 Å². The van der Waals surface area contributed by atoms with Gasteiger partial charge in [0.25, 0.3) is 0 Å².